The molecule has 35 heavy (non-hydrogen) atoms. The van der Waals surface area contributed by atoms with E-state index in [1.807, 2.05) is 24.3 Å². The first-order valence-corrected chi connectivity index (χ1v) is 13.0. The molecular weight excluding hydrogens is 442 g/mol. The molecule has 2 aliphatic heterocycles. The number of pyridine rings is 1. The summed E-state index contributed by atoms with van der Waals surface area (Å²) in [5.74, 6) is 0.613. The van der Waals surface area contributed by atoms with E-state index < -0.39 is 0 Å². The molecular formula is C27H37N5O3. The van der Waals surface area contributed by atoms with Crippen molar-refractivity contribution in [3.63, 3.8) is 0 Å². The third kappa shape index (κ3) is 6.24. The number of ether oxygens (including phenoxy) is 2. The summed E-state index contributed by atoms with van der Waals surface area (Å²) in [7, 11) is 2.27. The normalized spacial score (nSPS) is 21.4. The Morgan fingerprint density at radius 1 is 0.971 bits per heavy atom. The fourth-order valence-electron chi connectivity index (χ4n) is 5.45. The van der Waals surface area contributed by atoms with Crippen LogP contribution in [0.4, 0.5) is 21.9 Å². The van der Waals surface area contributed by atoms with Crippen LogP contribution in [0.5, 0.6) is 5.88 Å². The second-order valence-corrected chi connectivity index (χ2v) is 9.93. The number of anilines is 3. The first kappa shape index (κ1) is 23.9. The standard InChI is InChI=1S/C27H37N5O3/c1-31(22-13-16-34-17-14-22)24-12-15-32(19-24)23-9-6-20(7-10-23)29-27(33)30-21-8-11-26(28-18-21)35-25-4-2-3-5-25/h6-11,18,22,24-25H,2-5,12-17,19H2,1H3,(H2,29,30,33). The van der Waals surface area contributed by atoms with E-state index in [0.717, 1.165) is 57.7 Å². The van der Waals surface area contributed by atoms with E-state index in [4.69, 9.17) is 9.47 Å². The number of aromatic nitrogens is 1. The lowest BCUT2D eigenvalue weighted by molar-refractivity contribution is 0.0316. The van der Waals surface area contributed by atoms with Crippen molar-refractivity contribution in [1.29, 1.82) is 0 Å². The van der Waals surface area contributed by atoms with E-state index in [-0.39, 0.29) is 12.1 Å². The second-order valence-electron chi connectivity index (χ2n) is 9.93. The summed E-state index contributed by atoms with van der Waals surface area (Å²) in [6.45, 7) is 3.85. The molecule has 3 fully saturated rings. The molecule has 3 aliphatic rings. The summed E-state index contributed by atoms with van der Waals surface area (Å²) < 4.78 is 11.4. The summed E-state index contributed by atoms with van der Waals surface area (Å²) in [4.78, 5) is 21.8. The summed E-state index contributed by atoms with van der Waals surface area (Å²) in [6, 6.07) is 12.6. The highest BCUT2D eigenvalue weighted by Gasteiger charge is 2.30. The van der Waals surface area contributed by atoms with Crippen molar-refractivity contribution < 1.29 is 14.3 Å². The molecule has 8 nitrogen and oxygen atoms in total. The van der Waals surface area contributed by atoms with E-state index in [9.17, 15) is 4.79 Å². The van der Waals surface area contributed by atoms with Gasteiger partial charge in [-0.25, -0.2) is 9.78 Å². The molecule has 1 aromatic carbocycles. The highest BCUT2D eigenvalue weighted by atomic mass is 16.5. The van der Waals surface area contributed by atoms with E-state index in [2.05, 4.69) is 44.6 Å². The van der Waals surface area contributed by atoms with Crippen molar-refractivity contribution in [1.82, 2.24) is 9.88 Å². The van der Waals surface area contributed by atoms with Gasteiger partial charge in [0, 0.05) is 55.8 Å². The zero-order valence-electron chi connectivity index (χ0n) is 20.6. The molecule has 8 heteroatoms. The van der Waals surface area contributed by atoms with Crippen LogP contribution in [0.25, 0.3) is 0 Å². The molecule has 2 N–H and O–H groups in total. The number of nitrogens with zero attached hydrogens (tertiary/aromatic N) is 3. The van der Waals surface area contributed by atoms with Crippen molar-refractivity contribution in [2.24, 2.45) is 0 Å². The Labute approximate surface area is 208 Å². The van der Waals surface area contributed by atoms with Gasteiger partial charge in [-0.3, -0.25) is 4.90 Å². The monoisotopic (exact) mass is 479 g/mol. The van der Waals surface area contributed by atoms with Crippen LogP contribution in [-0.4, -0.2) is 67.5 Å². The number of likely N-dealkylation sites (N-methyl/N-ethyl adjacent to an activating group) is 1. The Morgan fingerprint density at radius 2 is 1.69 bits per heavy atom. The molecule has 1 aliphatic carbocycles. The molecule has 0 bridgehead atoms. The van der Waals surface area contributed by atoms with Gasteiger partial charge in [-0.05, 0) is 82.3 Å². The summed E-state index contributed by atoms with van der Waals surface area (Å²) in [5, 5.41) is 5.74. The number of carbonyl (C=O) groups is 1. The number of amides is 2. The maximum Gasteiger partial charge on any atom is 0.323 e. The quantitative estimate of drug-likeness (QED) is 0.597. The molecule has 1 atom stereocenters. The number of carbonyl (C=O) groups excluding carboxylic acids is 1. The van der Waals surface area contributed by atoms with Crippen LogP contribution in [0.1, 0.15) is 44.9 Å². The third-order valence-corrected chi connectivity index (χ3v) is 7.58. The summed E-state index contributed by atoms with van der Waals surface area (Å²) in [6.07, 6.45) is 9.96. The maximum absolute atomic E-state index is 12.4. The van der Waals surface area contributed by atoms with Gasteiger partial charge in [0.1, 0.15) is 6.10 Å². The van der Waals surface area contributed by atoms with Crippen LogP contribution >= 0.6 is 0 Å². The highest BCUT2D eigenvalue weighted by molar-refractivity contribution is 5.99. The Morgan fingerprint density at radius 3 is 2.40 bits per heavy atom. The molecule has 2 saturated heterocycles. The van der Waals surface area contributed by atoms with E-state index in [0.29, 0.717) is 23.7 Å². The summed E-state index contributed by atoms with van der Waals surface area (Å²) in [5.41, 5.74) is 2.59. The predicted molar refractivity (Wildman–Crippen MR) is 138 cm³/mol. The Balaban J connectivity index is 1.09. The number of nitrogens with one attached hydrogen (secondary N) is 2. The molecule has 2 amide bonds. The molecule has 0 spiro atoms. The van der Waals surface area contributed by atoms with Crippen LogP contribution in [0.3, 0.4) is 0 Å². The zero-order chi connectivity index (χ0) is 24.0. The largest absolute Gasteiger partial charge is 0.474 e. The number of rotatable bonds is 7. The van der Waals surface area contributed by atoms with Crippen LogP contribution < -0.4 is 20.3 Å². The number of benzene rings is 1. The Bertz CT molecular complexity index is 956. The van der Waals surface area contributed by atoms with Crippen LogP contribution in [0, 0.1) is 0 Å². The van der Waals surface area contributed by atoms with Gasteiger partial charge in [-0.15, -0.1) is 0 Å². The van der Waals surface area contributed by atoms with E-state index in [1.165, 1.54) is 24.9 Å². The number of urea groups is 1. The molecule has 188 valence electrons. The fraction of sp³-hybridized carbons (Fsp3) is 0.556. The minimum Gasteiger partial charge on any atom is -0.474 e. The minimum absolute atomic E-state index is 0.270. The first-order chi connectivity index (χ1) is 17.1. The van der Waals surface area contributed by atoms with E-state index in [1.54, 1.807) is 6.20 Å². The van der Waals surface area contributed by atoms with Gasteiger partial charge in [0.05, 0.1) is 11.9 Å². The average molecular weight is 480 g/mol. The smallest absolute Gasteiger partial charge is 0.323 e. The predicted octanol–water partition coefficient (Wildman–Crippen LogP) is 4.74. The van der Waals surface area contributed by atoms with Crippen molar-refractivity contribution in [2.45, 2.75) is 63.1 Å². The van der Waals surface area contributed by atoms with Gasteiger partial charge in [0.2, 0.25) is 5.88 Å². The molecule has 0 radical (unpaired) electrons. The highest BCUT2D eigenvalue weighted by Crippen LogP contribution is 2.27. The molecule has 1 saturated carbocycles. The van der Waals surface area contributed by atoms with Crippen molar-refractivity contribution >= 4 is 23.1 Å². The maximum atomic E-state index is 12.4. The lowest BCUT2D eigenvalue weighted by Crippen LogP contribution is -2.44. The zero-order valence-corrected chi connectivity index (χ0v) is 20.6. The topological polar surface area (TPSA) is 79.0 Å². The lowest BCUT2D eigenvalue weighted by atomic mass is 10.1. The van der Waals surface area contributed by atoms with Gasteiger partial charge < -0.3 is 25.0 Å². The van der Waals surface area contributed by atoms with Gasteiger partial charge in [0.15, 0.2) is 0 Å². The Hall–Kier alpha value is -2.84. The fourth-order valence-corrected chi connectivity index (χ4v) is 5.45. The molecule has 1 unspecified atom stereocenters. The molecule has 3 heterocycles. The van der Waals surface area contributed by atoms with Crippen LogP contribution in [0.2, 0.25) is 0 Å². The van der Waals surface area contributed by atoms with Crippen molar-refractivity contribution in [3.05, 3.63) is 42.6 Å². The SMILES string of the molecule is CN(C1CCOCC1)C1CCN(c2ccc(NC(=O)Nc3ccc(OC4CCCC4)nc3)cc2)C1. The molecule has 5 rings (SSSR count). The van der Waals surface area contributed by atoms with Gasteiger partial charge in [0.25, 0.3) is 0 Å². The Kier molecular flexibility index (Phi) is 7.69. The minimum atomic E-state index is -0.289. The van der Waals surface area contributed by atoms with Crippen molar-refractivity contribution in [2.75, 3.05) is 48.9 Å². The van der Waals surface area contributed by atoms with Gasteiger partial charge >= 0.3 is 6.03 Å². The second kappa shape index (κ2) is 11.3. The van der Waals surface area contributed by atoms with Crippen LogP contribution in [0.15, 0.2) is 42.6 Å². The third-order valence-electron chi connectivity index (χ3n) is 7.58. The first-order valence-electron chi connectivity index (χ1n) is 13.0. The van der Waals surface area contributed by atoms with Gasteiger partial charge in [-0.2, -0.15) is 0 Å². The average Bonchev–Trinajstić information content (AvgIpc) is 3.58. The van der Waals surface area contributed by atoms with Gasteiger partial charge in [-0.1, -0.05) is 0 Å². The van der Waals surface area contributed by atoms with E-state index >= 15 is 0 Å². The molecule has 1 aromatic heterocycles. The number of hydrogen-bond donors (Lipinski definition) is 2. The van der Waals surface area contributed by atoms with Crippen LogP contribution in [-0.2, 0) is 4.74 Å². The van der Waals surface area contributed by atoms with Crippen molar-refractivity contribution in [3.8, 4) is 5.88 Å². The number of hydrogen-bond acceptors (Lipinski definition) is 6. The molecule has 2 aromatic rings. The lowest BCUT2D eigenvalue weighted by Gasteiger charge is -2.35. The summed E-state index contributed by atoms with van der Waals surface area (Å²) >= 11 is 0.